The molecule has 0 bridgehead atoms. The smallest absolute Gasteiger partial charge is 0.277 e. The SMILES string of the molecule is O=C(CSc1nnc(-c2ccncc2)o1)Nc1ccccc1. The van der Waals surface area contributed by atoms with E-state index < -0.39 is 0 Å². The van der Waals surface area contributed by atoms with Gasteiger partial charge in [-0.05, 0) is 24.3 Å². The summed E-state index contributed by atoms with van der Waals surface area (Å²) in [5.41, 5.74) is 1.55. The highest BCUT2D eigenvalue weighted by Gasteiger charge is 2.11. The Balaban J connectivity index is 1.56. The van der Waals surface area contributed by atoms with E-state index in [-0.39, 0.29) is 11.7 Å². The summed E-state index contributed by atoms with van der Waals surface area (Å²) < 4.78 is 5.50. The molecule has 3 aromatic rings. The van der Waals surface area contributed by atoms with E-state index in [0.29, 0.717) is 11.1 Å². The topological polar surface area (TPSA) is 80.9 Å². The molecule has 2 aromatic heterocycles. The molecule has 0 aliphatic heterocycles. The zero-order chi connectivity index (χ0) is 15.2. The molecular weight excluding hydrogens is 300 g/mol. The van der Waals surface area contributed by atoms with Gasteiger partial charge in [0, 0.05) is 23.6 Å². The standard InChI is InChI=1S/C15H12N4O2S/c20-13(17-12-4-2-1-3-5-12)10-22-15-19-18-14(21-15)11-6-8-16-9-7-11/h1-9H,10H2,(H,17,20). The number of nitrogens with one attached hydrogen (secondary N) is 1. The van der Waals surface area contributed by atoms with Crippen molar-refractivity contribution in [1.82, 2.24) is 15.2 Å². The Morgan fingerprint density at radius 2 is 1.86 bits per heavy atom. The third kappa shape index (κ3) is 3.70. The van der Waals surface area contributed by atoms with Crippen LogP contribution in [0.5, 0.6) is 0 Å². The van der Waals surface area contributed by atoms with Gasteiger partial charge >= 0.3 is 0 Å². The molecule has 1 amide bonds. The molecule has 0 saturated heterocycles. The molecule has 1 N–H and O–H groups in total. The van der Waals surface area contributed by atoms with Gasteiger partial charge in [-0.1, -0.05) is 30.0 Å². The molecule has 7 heteroatoms. The molecule has 0 aliphatic rings. The first kappa shape index (κ1) is 14.3. The Morgan fingerprint density at radius 3 is 2.64 bits per heavy atom. The first-order valence-corrected chi connectivity index (χ1v) is 7.51. The van der Waals surface area contributed by atoms with E-state index in [4.69, 9.17) is 4.42 Å². The minimum atomic E-state index is -0.125. The third-order valence-corrected chi connectivity index (χ3v) is 3.54. The normalized spacial score (nSPS) is 10.4. The van der Waals surface area contributed by atoms with Crippen molar-refractivity contribution in [2.45, 2.75) is 5.22 Å². The lowest BCUT2D eigenvalue weighted by molar-refractivity contribution is -0.113. The zero-order valence-electron chi connectivity index (χ0n) is 11.5. The molecule has 0 saturated carbocycles. The summed E-state index contributed by atoms with van der Waals surface area (Å²) in [6.07, 6.45) is 3.30. The van der Waals surface area contributed by atoms with E-state index in [1.54, 1.807) is 24.5 Å². The lowest BCUT2D eigenvalue weighted by Gasteiger charge is -2.02. The maximum atomic E-state index is 11.8. The Bertz CT molecular complexity index is 747. The van der Waals surface area contributed by atoms with Gasteiger partial charge in [-0.3, -0.25) is 9.78 Å². The molecule has 6 nitrogen and oxygen atoms in total. The van der Waals surface area contributed by atoms with Crippen LogP contribution in [0, 0.1) is 0 Å². The quantitative estimate of drug-likeness (QED) is 0.730. The second-order valence-corrected chi connectivity index (χ2v) is 5.24. The van der Waals surface area contributed by atoms with Gasteiger partial charge in [-0.25, -0.2) is 0 Å². The van der Waals surface area contributed by atoms with Gasteiger partial charge in [0.2, 0.25) is 11.8 Å². The maximum absolute atomic E-state index is 11.8. The van der Waals surface area contributed by atoms with Crippen LogP contribution in [0.3, 0.4) is 0 Å². The van der Waals surface area contributed by atoms with E-state index in [9.17, 15) is 4.79 Å². The number of anilines is 1. The monoisotopic (exact) mass is 312 g/mol. The van der Waals surface area contributed by atoms with Crippen LogP contribution in [-0.4, -0.2) is 26.8 Å². The second-order valence-electron chi connectivity index (χ2n) is 4.31. The highest BCUT2D eigenvalue weighted by molar-refractivity contribution is 7.99. The molecule has 110 valence electrons. The van der Waals surface area contributed by atoms with Gasteiger partial charge in [-0.15, -0.1) is 10.2 Å². The van der Waals surface area contributed by atoms with Crippen LogP contribution in [0.4, 0.5) is 5.69 Å². The molecule has 0 radical (unpaired) electrons. The number of hydrogen-bond donors (Lipinski definition) is 1. The molecule has 0 fully saturated rings. The molecular formula is C15H12N4O2S. The van der Waals surface area contributed by atoms with Gasteiger partial charge in [0.25, 0.3) is 5.22 Å². The number of benzene rings is 1. The third-order valence-electron chi connectivity index (χ3n) is 2.72. The highest BCUT2D eigenvalue weighted by Crippen LogP contribution is 2.22. The number of amides is 1. The highest BCUT2D eigenvalue weighted by atomic mass is 32.2. The molecule has 1 aromatic carbocycles. The van der Waals surface area contributed by atoms with Crippen molar-refractivity contribution in [1.29, 1.82) is 0 Å². The minimum absolute atomic E-state index is 0.125. The zero-order valence-corrected chi connectivity index (χ0v) is 12.3. The number of pyridine rings is 1. The summed E-state index contributed by atoms with van der Waals surface area (Å²) in [5.74, 6) is 0.487. The van der Waals surface area contributed by atoms with Crippen LogP contribution in [0.2, 0.25) is 0 Å². The first-order chi connectivity index (χ1) is 10.8. The average molecular weight is 312 g/mol. The number of rotatable bonds is 5. The van der Waals surface area contributed by atoms with Gasteiger partial charge in [0.1, 0.15) is 0 Å². The van der Waals surface area contributed by atoms with Crippen molar-refractivity contribution in [3.05, 3.63) is 54.9 Å². The Labute approximate surface area is 131 Å². The molecule has 2 heterocycles. The number of aromatic nitrogens is 3. The van der Waals surface area contributed by atoms with E-state index in [1.807, 2.05) is 30.3 Å². The second kappa shape index (κ2) is 6.86. The summed E-state index contributed by atoms with van der Waals surface area (Å²) >= 11 is 1.20. The number of para-hydroxylation sites is 1. The van der Waals surface area contributed by atoms with E-state index in [1.165, 1.54) is 11.8 Å². The molecule has 3 rings (SSSR count). The van der Waals surface area contributed by atoms with Crippen molar-refractivity contribution < 1.29 is 9.21 Å². The number of thioether (sulfide) groups is 1. The Hall–Kier alpha value is -2.67. The summed E-state index contributed by atoms with van der Waals surface area (Å²) in [7, 11) is 0. The fourth-order valence-corrected chi connectivity index (χ4v) is 2.29. The predicted molar refractivity (Wildman–Crippen MR) is 83.3 cm³/mol. The largest absolute Gasteiger partial charge is 0.411 e. The molecule has 0 atom stereocenters. The maximum Gasteiger partial charge on any atom is 0.277 e. The Morgan fingerprint density at radius 1 is 1.09 bits per heavy atom. The van der Waals surface area contributed by atoms with E-state index in [2.05, 4.69) is 20.5 Å². The van der Waals surface area contributed by atoms with Crippen molar-refractivity contribution >= 4 is 23.4 Å². The average Bonchev–Trinajstić information content (AvgIpc) is 3.04. The lowest BCUT2D eigenvalue weighted by Crippen LogP contribution is -2.13. The van der Waals surface area contributed by atoms with Crippen LogP contribution >= 0.6 is 11.8 Å². The lowest BCUT2D eigenvalue weighted by atomic mass is 10.3. The van der Waals surface area contributed by atoms with Crippen LogP contribution < -0.4 is 5.32 Å². The number of hydrogen-bond acceptors (Lipinski definition) is 6. The molecule has 22 heavy (non-hydrogen) atoms. The van der Waals surface area contributed by atoms with Crippen molar-refractivity contribution in [3.63, 3.8) is 0 Å². The van der Waals surface area contributed by atoms with Crippen molar-refractivity contribution in [2.24, 2.45) is 0 Å². The predicted octanol–water partition coefficient (Wildman–Crippen LogP) is 2.86. The summed E-state index contributed by atoms with van der Waals surface area (Å²) in [6.45, 7) is 0. The van der Waals surface area contributed by atoms with Gasteiger partial charge < -0.3 is 9.73 Å². The van der Waals surface area contributed by atoms with E-state index in [0.717, 1.165) is 11.3 Å². The number of carbonyl (C=O) groups is 1. The summed E-state index contributed by atoms with van der Waals surface area (Å²) in [4.78, 5) is 15.8. The number of nitrogens with zero attached hydrogens (tertiary/aromatic N) is 3. The van der Waals surface area contributed by atoms with Crippen molar-refractivity contribution in [2.75, 3.05) is 11.1 Å². The molecule has 0 spiro atoms. The number of carbonyl (C=O) groups excluding carboxylic acids is 1. The molecule has 0 unspecified atom stereocenters. The van der Waals surface area contributed by atoms with Crippen molar-refractivity contribution in [3.8, 4) is 11.5 Å². The van der Waals surface area contributed by atoms with E-state index >= 15 is 0 Å². The van der Waals surface area contributed by atoms with Crippen LogP contribution in [0.15, 0.2) is 64.5 Å². The summed E-state index contributed by atoms with van der Waals surface area (Å²) in [6, 6.07) is 12.8. The van der Waals surface area contributed by atoms with Gasteiger partial charge in [-0.2, -0.15) is 0 Å². The van der Waals surface area contributed by atoms with Crippen LogP contribution in [0.25, 0.3) is 11.5 Å². The summed E-state index contributed by atoms with van der Waals surface area (Å²) in [5, 5.41) is 11.0. The first-order valence-electron chi connectivity index (χ1n) is 6.53. The van der Waals surface area contributed by atoms with Gasteiger partial charge in [0.15, 0.2) is 0 Å². The molecule has 0 aliphatic carbocycles. The van der Waals surface area contributed by atoms with Crippen LogP contribution in [0.1, 0.15) is 0 Å². The fraction of sp³-hybridized carbons (Fsp3) is 0.0667. The van der Waals surface area contributed by atoms with Gasteiger partial charge in [0.05, 0.1) is 5.75 Å². The fourth-order valence-electron chi connectivity index (χ4n) is 1.73. The minimum Gasteiger partial charge on any atom is -0.411 e. The van der Waals surface area contributed by atoms with Crippen LogP contribution in [-0.2, 0) is 4.79 Å². The Kier molecular flexibility index (Phi) is 4.45.